The lowest BCUT2D eigenvalue weighted by Gasteiger charge is -2.26. The summed E-state index contributed by atoms with van der Waals surface area (Å²) in [7, 11) is -3.75. The summed E-state index contributed by atoms with van der Waals surface area (Å²) >= 11 is 0.994. The highest BCUT2D eigenvalue weighted by molar-refractivity contribution is 7.90. The van der Waals surface area contributed by atoms with Crippen molar-refractivity contribution in [2.24, 2.45) is 4.99 Å². The van der Waals surface area contributed by atoms with E-state index in [9.17, 15) is 8.42 Å². The van der Waals surface area contributed by atoms with Gasteiger partial charge in [-0.2, -0.15) is 8.75 Å². The van der Waals surface area contributed by atoms with Crippen molar-refractivity contribution >= 4 is 38.7 Å². The largest absolute Gasteiger partial charge is 0.343 e. The molecule has 0 aliphatic carbocycles. The summed E-state index contributed by atoms with van der Waals surface area (Å²) < 4.78 is 35.8. The molecule has 130 valence electrons. The second kappa shape index (κ2) is 7.41. The van der Waals surface area contributed by atoms with Crippen LogP contribution in [0.15, 0.2) is 28.1 Å². The van der Waals surface area contributed by atoms with Crippen molar-refractivity contribution in [3.05, 3.63) is 18.2 Å². The van der Waals surface area contributed by atoms with Crippen LogP contribution in [0.5, 0.6) is 0 Å². The number of benzene rings is 1. The lowest BCUT2D eigenvalue weighted by Crippen LogP contribution is -2.50. The molecule has 1 aromatic heterocycles. The number of unbranched alkanes of at least 4 members (excludes halogenated alkanes) is 2. The molecule has 10 heteroatoms. The molecule has 1 aromatic carbocycles. The van der Waals surface area contributed by atoms with E-state index < -0.39 is 10.0 Å². The Morgan fingerprint density at radius 1 is 1.33 bits per heavy atom. The van der Waals surface area contributed by atoms with Crippen LogP contribution in [0.4, 0.5) is 0 Å². The zero-order chi connectivity index (χ0) is 17.0. The van der Waals surface area contributed by atoms with Gasteiger partial charge in [0.2, 0.25) is 5.96 Å². The summed E-state index contributed by atoms with van der Waals surface area (Å²) in [6.45, 7) is 4.18. The Hall–Kier alpha value is -1.78. The monoisotopic (exact) mass is 368 g/mol. The Kier molecular flexibility index (Phi) is 5.27. The van der Waals surface area contributed by atoms with E-state index in [4.69, 9.17) is 0 Å². The normalized spacial score (nSPS) is 16.0. The van der Waals surface area contributed by atoms with Crippen LogP contribution >= 0.6 is 11.7 Å². The van der Waals surface area contributed by atoms with Crippen LogP contribution in [0.3, 0.4) is 0 Å². The molecule has 0 spiro atoms. The highest BCUT2D eigenvalue weighted by atomic mass is 32.2. The van der Waals surface area contributed by atoms with Crippen LogP contribution in [0.25, 0.3) is 11.0 Å². The zero-order valence-corrected chi connectivity index (χ0v) is 15.0. The summed E-state index contributed by atoms with van der Waals surface area (Å²) in [5, 5.41) is 3.02. The molecular formula is C14H20N6O2S2. The van der Waals surface area contributed by atoms with Crippen LogP contribution in [0.2, 0.25) is 0 Å². The number of hydrogen-bond acceptors (Lipinski definition) is 8. The van der Waals surface area contributed by atoms with E-state index in [0.717, 1.165) is 24.7 Å². The van der Waals surface area contributed by atoms with Crippen LogP contribution < -0.4 is 10.0 Å². The molecule has 0 radical (unpaired) electrons. The fourth-order valence-electron chi connectivity index (χ4n) is 2.45. The fourth-order valence-corrected chi connectivity index (χ4v) is 4.22. The van der Waals surface area contributed by atoms with E-state index in [0.29, 0.717) is 24.4 Å². The first-order chi connectivity index (χ1) is 11.6. The summed E-state index contributed by atoms with van der Waals surface area (Å²) in [6.07, 6.45) is 3.48. The first-order valence-corrected chi connectivity index (χ1v) is 10.1. The molecule has 1 aliphatic rings. The highest BCUT2D eigenvalue weighted by Gasteiger charge is 2.22. The van der Waals surface area contributed by atoms with Crippen molar-refractivity contribution in [2.45, 2.75) is 31.1 Å². The number of sulfonamides is 1. The molecule has 0 unspecified atom stereocenters. The van der Waals surface area contributed by atoms with Crippen molar-refractivity contribution in [1.82, 2.24) is 23.7 Å². The third-order valence-electron chi connectivity index (χ3n) is 3.75. The lowest BCUT2D eigenvalue weighted by molar-refractivity contribution is 0.258. The molecule has 0 saturated carbocycles. The Balaban J connectivity index is 1.68. The Labute approximate surface area is 145 Å². The van der Waals surface area contributed by atoms with Gasteiger partial charge in [0.1, 0.15) is 15.9 Å². The summed E-state index contributed by atoms with van der Waals surface area (Å²) in [5.74, 6) is 0.266. The molecule has 0 saturated heterocycles. The van der Waals surface area contributed by atoms with Gasteiger partial charge in [0.25, 0.3) is 10.0 Å². The molecular weight excluding hydrogens is 348 g/mol. The molecule has 2 N–H and O–H groups in total. The van der Waals surface area contributed by atoms with Crippen LogP contribution in [0.1, 0.15) is 26.2 Å². The first kappa shape index (κ1) is 17.1. The SMILES string of the molecule is CCCCCN1CN=C(NS(=O)(=O)c2cccc3nsnc23)NC1. The molecule has 0 bridgehead atoms. The summed E-state index contributed by atoms with van der Waals surface area (Å²) in [4.78, 5) is 6.53. The predicted octanol–water partition coefficient (Wildman–Crippen LogP) is 1.34. The topological polar surface area (TPSA) is 99.6 Å². The second-order valence-electron chi connectivity index (χ2n) is 5.58. The minimum atomic E-state index is -3.75. The number of hydrogen-bond donors (Lipinski definition) is 2. The number of aromatic nitrogens is 2. The molecule has 0 fully saturated rings. The van der Waals surface area contributed by atoms with E-state index in [1.54, 1.807) is 12.1 Å². The van der Waals surface area contributed by atoms with Crippen LogP contribution in [-0.4, -0.2) is 47.9 Å². The molecule has 8 nitrogen and oxygen atoms in total. The number of nitrogens with one attached hydrogen (secondary N) is 2. The number of nitrogens with zero attached hydrogens (tertiary/aromatic N) is 4. The zero-order valence-electron chi connectivity index (χ0n) is 13.4. The smallest absolute Gasteiger partial charge is 0.266 e. The minimum absolute atomic E-state index is 0.114. The summed E-state index contributed by atoms with van der Waals surface area (Å²) in [6, 6.07) is 4.92. The summed E-state index contributed by atoms with van der Waals surface area (Å²) in [5.41, 5.74) is 0.955. The van der Waals surface area contributed by atoms with Crippen molar-refractivity contribution in [3.63, 3.8) is 0 Å². The third kappa shape index (κ3) is 3.82. The molecule has 0 amide bonds. The lowest BCUT2D eigenvalue weighted by atomic mass is 10.2. The van der Waals surface area contributed by atoms with Crippen LogP contribution in [0, 0.1) is 0 Å². The molecule has 1 aliphatic heterocycles. The molecule has 3 rings (SSSR count). The van der Waals surface area contributed by atoms with Gasteiger partial charge >= 0.3 is 0 Å². The number of guanidine groups is 1. The maximum absolute atomic E-state index is 12.6. The van der Waals surface area contributed by atoms with Gasteiger partial charge in [-0.1, -0.05) is 25.8 Å². The Morgan fingerprint density at radius 3 is 2.96 bits per heavy atom. The number of fused-ring (bicyclic) bond motifs is 1. The Bertz CT molecular complexity index is 833. The maximum atomic E-state index is 12.6. The fraction of sp³-hybridized carbons (Fsp3) is 0.500. The molecule has 0 atom stereocenters. The standard InChI is InChI=1S/C14H20N6O2S2/c1-2-3-4-8-20-9-15-14(16-10-20)19-24(21,22)12-7-5-6-11-13(12)18-23-17-11/h5-7H,2-4,8-10H2,1H3,(H2,15,16,19). The van der Waals surface area contributed by atoms with Gasteiger partial charge in [-0.25, -0.2) is 18.1 Å². The number of rotatable bonds is 6. The quantitative estimate of drug-likeness (QED) is 0.747. The van der Waals surface area contributed by atoms with E-state index in [1.807, 2.05) is 0 Å². The van der Waals surface area contributed by atoms with E-state index in [1.165, 1.54) is 18.9 Å². The van der Waals surface area contributed by atoms with Gasteiger partial charge in [-0.05, 0) is 18.6 Å². The van der Waals surface area contributed by atoms with Crippen LogP contribution in [-0.2, 0) is 10.0 Å². The second-order valence-corrected chi connectivity index (χ2v) is 7.76. The third-order valence-corrected chi connectivity index (χ3v) is 5.66. The molecule has 2 heterocycles. The molecule has 2 aromatic rings. The number of aliphatic imine (C=N–C) groups is 1. The van der Waals surface area contributed by atoms with Gasteiger partial charge in [-0.3, -0.25) is 4.90 Å². The highest BCUT2D eigenvalue weighted by Crippen LogP contribution is 2.20. The van der Waals surface area contributed by atoms with Crippen molar-refractivity contribution < 1.29 is 8.42 Å². The average Bonchev–Trinajstić information content (AvgIpc) is 3.05. The Morgan fingerprint density at radius 2 is 2.21 bits per heavy atom. The van der Waals surface area contributed by atoms with E-state index in [-0.39, 0.29) is 10.9 Å². The molecule has 24 heavy (non-hydrogen) atoms. The average molecular weight is 368 g/mol. The van der Waals surface area contributed by atoms with Gasteiger partial charge < -0.3 is 5.32 Å². The maximum Gasteiger partial charge on any atom is 0.266 e. The van der Waals surface area contributed by atoms with E-state index in [2.05, 4.69) is 35.6 Å². The van der Waals surface area contributed by atoms with Crippen molar-refractivity contribution in [1.29, 1.82) is 0 Å². The van der Waals surface area contributed by atoms with Gasteiger partial charge in [0, 0.05) is 6.54 Å². The van der Waals surface area contributed by atoms with Gasteiger partial charge in [0.15, 0.2) is 0 Å². The van der Waals surface area contributed by atoms with Gasteiger partial charge in [0.05, 0.1) is 25.1 Å². The van der Waals surface area contributed by atoms with Gasteiger partial charge in [-0.15, -0.1) is 0 Å². The van der Waals surface area contributed by atoms with Crippen molar-refractivity contribution in [3.8, 4) is 0 Å². The first-order valence-electron chi connectivity index (χ1n) is 7.85. The predicted molar refractivity (Wildman–Crippen MR) is 94.3 cm³/mol. The van der Waals surface area contributed by atoms with E-state index >= 15 is 0 Å². The van der Waals surface area contributed by atoms with Crippen molar-refractivity contribution in [2.75, 3.05) is 19.9 Å². The minimum Gasteiger partial charge on any atom is -0.343 e.